The first kappa shape index (κ1) is 15.8. The van der Waals surface area contributed by atoms with Crippen LogP contribution in [-0.2, 0) is 16.1 Å². The molecule has 2 aliphatic rings. The molecule has 6 heteroatoms. The Hall–Kier alpha value is -1.66. The molecule has 0 unspecified atom stereocenters. The van der Waals surface area contributed by atoms with E-state index in [-0.39, 0.29) is 12.0 Å². The highest BCUT2D eigenvalue weighted by molar-refractivity contribution is 7.13. The van der Waals surface area contributed by atoms with Crippen LogP contribution in [0.4, 0.5) is 0 Å². The van der Waals surface area contributed by atoms with E-state index in [2.05, 4.69) is 9.88 Å². The highest BCUT2D eigenvalue weighted by Crippen LogP contribution is 2.41. The average Bonchev–Trinajstić information content (AvgIpc) is 3.34. The SMILES string of the molecule is COC(=O)[C@@H]1C[C@@H]2CCCC[C@@H]2N1Cc1coc(-c2cccs2)n1. The number of hydrogen-bond acceptors (Lipinski definition) is 6. The second kappa shape index (κ2) is 6.69. The summed E-state index contributed by atoms with van der Waals surface area (Å²) < 4.78 is 10.7. The van der Waals surface area contributed by atoms with Crippen molar-refractivity contribution in [1.29, 1.82) is 0 Å². The summed E-state index contributed by atoms with van der Waals surface area (Å²) in [4.78, 5) is 20.2. The van der Waals surface area contributed by atoms with Crippen LogP contribution in [0.25, 0.3) is 10.8 Å². The van der Waals surface area contributed by atoms with E-state index in [0.29, 0.717) is 24.4 Å². The molecular formula is C18H22N2O3S. The Morgan fingerprint density at radius 1 is 1.46 bits per heavy atom. The Morgan fingerprint density at radius 2 is 2.33 bits per heavy atom. The highest BCUT2D eigenvalue weighted by Gasteiger charge is 2.45. The van der Waals surface area contributed by atoms with Crippen LogP contribution < -0.4 is 0 Å². The van der Waals surface area contributed by atoms with Gasteiger partial charge in [0.15, 0.2) is 0 Å². The number of aromatic nitrogens is 1. The smallest absolute Gasteiger partial charge is 0.323 e. The van der Waals surface area contributed by atoms with Crippen LogP contribution in [0.3, 0.4) is 0 Å². The summed E-state index contributed by atoms with van der Waals surface area (Å²) in [6.45, 7) is 0.649. The van der Waals surface area contributed by atoms with Gasteiger partial charge in [-0.15, -0.1) is 11.3 Å². The van der Waals surface area contributed by atoms with Crippen molar-refractivity contribution in [2.45, 2.75) is 50.7 Å². The third-order valence-electron chi connectivity index (χ3n) is 5.32. The van der Waals surface area contributed by atoms with Gasteiger partial charge in [0.05, 0.1) is 17.7 Å². The summed E-state index contributed by atoms with van der Waals surface area (Å²) in [6, 6.07) is 4.31. The van der Waals surface area contributed by atoms with Gasteiger partial charge in [0.25, 0.3) is 0 Å². The largest absolute Gasteiger partial charge is 0.468 e. The van der Waals surface area contributed by atoms with Crippen LogP contribution >= 0.6 is 11.3 Å². The second-order valence-corrected chi connectivity index (χ2v) is 7.63. The molecule has 1 aliphatic heterocycles. The van der Waals surface area contributed by atoms with Crippen molar-refractivity contribution in [2.75, 3.05) is 7.11 Å². The molecule has 0 spiro atoms. The number of rotatable bonds is 4. The molecule has 0 radical (unpaired) electrons. The lowest BCUT2D eigenvalue weighted by atomic mass is 9.85. The van der Waals surface area contributed by atoms with Crippen LogP contribution in [0.5, 0.6) is 0 Å². The molecule has 1 aliphatic carbocycles. The molecule has 2 aromatic rings. The molecule has 0 N–H and O–H groups in total. The number of hydrogen-bond donors (Lipinski definition) is 0. The number of thiophene rings is 1. The number of carbonyl (C=O) groups excluding carboxylic acids is 1. The predicted molar refractivity (Wildman–Crippen MR) is 91.5 cm³/mol. The molecule has 3 atom stereocenters. The second-order valence-electron chi connectivity index (χ2n) is 6.68. The van der Waals surface area contributed by atoms with Crippen molar-refractivity contribution in [3.8, 4) is 10.8 Å². The van der Waals surface area contributed by atoms with Crippen molar-refractivity contribution in [3.05, 3.63) is 29.5 Å². The lowest BCUT2D eigenvalue weighted by Crippen LogP contribution is -2.42. The van der Waals surface area contributed by atoms with E-state index >= 15 is 0 Å². The molecule has 0 bridgehead atoms. The zero-order valence-corrected chi connectivity index (χ0v) is 14.6. The molecule has 1 saturated carbocycles. The maximum absolute atomic E-state index is 12.2. The summed E-state index contributed by atoms with van der Waals surface area (Å²) in [6.07, 6.45) is 7.52. The number of carbonyl (C=O) groups is 1. The summed E-state index contributed by atoms with van der Waals surface area (Å²) in [5.74, 6) is 1.15. The van der Waals surface area contributed by atoms with E-state index in [0.717, 1.165) is 23.4 Å². The topological polar surface area (TPSA) is 55.6 Å². The van der Waals surface area contributed by atoms with Crippen molar-refractivity contribution >= 4 is 17.3 Å². The maximum atomic E-state index is 12.2. The van der Waals surface area contributed by atoms with Crippen LogP contribution in [0.1, 0.15) is 37.8 Å². The normalized spacial score (nSPS) is 27.1. The lowest BCUT2D eigenvalue weighted by molar-refractivity contribution is -0.146. The first-order valence-electron chi connectivity index (χ1n) is 8.58. The maximum Gasteiger partial charge on any atom is 0.323 e. The molecule has 24 heavy (non-hydrogen) atoms. The van der Waals surface area contributed by atoms with Crippen molar-refractivity contribution in [3.63, 3.8) is 0 Å². The number of oxazole rings is 1. The fourth-order valence-electron chi connectivity index (χ4n) is 4.23. The fourth-order valence-corrected chi connectivity index (χ4v) is 4.88. The number of methoxy groups -OCH3 is 1. The van der Waals surface area contributed by atoms with Gasteiger partial charge in [-0.05, 0) is 36.6 Å². The number of esters is 1. The number of ether oxygens (including phenoxy) is 1. The van der Waals surface area contributed by atoms with E-state index in [1.807, 2.05) is 17.5 Å². The minimum absolute atomic E-state index is 0.119. The van der Waals surface area contributed by atoms with Gasteiger partial charge < -0.3 is 9.15 Å². The third kappa shape index (κ3) is 2.89. The highest BCUT2D eigenvalue weighted by atomic mass is 32.1. The molecule has 128 valence electrons. The Labute approximate surface area is 145 Å². The molecule has 4 rings (SSSR count). The van der Waals surface area contributed by atoms with Crippen LogP contribution in [-0.4, -0.2) is 35.0 Å². The van der Waals surface area contributed by atoms with Crippen molar-refractivity contribution < 1.29 is 13.9 Å². The van der Waals surface area contributed by atoms with Gasteiger partial charge in [-0.3, -0.25) is 9.69 Å². The van der Waals surface area contributed by atoms with Gasteiger partial charge in [0, 0.05) is 12.6 Å². The van der Waals surface area contributed by atoms with Crippen molar-refractivity contribution in [2.24, 2.45) is 5.92 Å². The standard InChI is InChI=1S/C18H22N2O3S/c1-22-18(21)15-9-12-5-2-3-6-14(12)20(15)10-13-11-23-17(19-13)16-7-4-8-24-16/h4,7-8,11-12,14-15H,2-3,5-6,9-10H2,1H3/t12-,14-,15-/m0/s1. The quantitative estimate of drug-likeness (QED) is 0.790. The van der Waals surface area contributed by atoms with E-state index in [9.17, 15) is 4.79 Å². The van der Waals surface area contributed by atoms with E-state index in [1.165, 1.54) is 26.4 Å². The van der Waals surface area contributed by atoms with Gasteiger partial charge in [-0.25, -0.2) is 4.98 Å². The van der Waals surface area contributed by atoms with Crippen LogP contribution in [0.2, 0.25) is 0 Å². The summed E-state index contributed by atoms with van der Waals surface area (Å²) >= 11 is 1.62. The summed E-state index contributed by atoms with van der Waals surface area (Å²) in [5, 5.41) is 2.01. The fraction of sp³-hybridized carbons (Fsp3) is 0.556. The molecule has 2 fully saturated rings. The zero-order chi connectivity index (χ0) is 16.5. The summed E-state index contributed by atoms with van der Waals surface area (Å²) in [7, 11) is 1.48. The van der Waals surface area contributed by atoms with E-state index < -0.39 is 0 Å². The average molecular weight is 346 g/mol. The Bertz CT molecular complexity index is 697. The monoisotopic (exact) mass is 346 g/mol. The minimum Gasteiger partial charge on any atom is -0.468 e. The van der Waals surface area contributed by atoms with Crippen molar-refractivity contribution in [1.82, 2.24) is 9.88 Å². The third-order valence-corrected chi connectivity index (χ3v) is 6.18. The zero-order valence-electron chi connectivity index (χ0n) is 13.8. The minimum atomic E-state index is -0.148. The molecular weight excluding hydrogens is 324 g/mol. The van der Waals surface area contributed by atoms with Gasteiger partial charge >= 0.3 is 5.97 Å². The Kier molecular flexibility index (Phi) is 4.41. The Morgan fingerprint density at radius 3 is 3.12 bits per heavy atom. The molecule has 0 aromatic carbocycles. The first-order valence-corrected chi connectivity index (χ1v) is 9.46. The van der Waals surface area contributed by atoms with Gasteiger partial charge in [-0.2, -0.15) is 0 Å². The number of nitrogens with zero attached hydrogens (tertiary/aromatic N) is 2. The van der Waals surface area contributed by atoms with Gasteiger partial charge in [-0.1, -0.05) is 18.9 Å². The number of fused-ring (bicyclic) bond motifs is 1. The predicted octanol–water partition coefficient (Wildman–Crippen LogP) is 3.71. The van der Waals surface area contributed by atoms with Crippen LogP contribution in [0, 0.1) is 5.92 Å². The van der Waals surface area contributed by atoms with Crippen LogP contribution in [0.15, 0.2) is 28.2 Å². The Balaban J connectivity index is 1.55. The lowest BCUT2D eigenvalue weighted by Gasteiger charge is -2.32. The van der Waals surface area contributed by atoms with Gasteiger partial charge in [0.2, 0.25) is 5.89 Å². The number of likely N-dealkylation sites (tertiary alicyclic amines) is 1. The van der Waals surface area contributed by atoms with Gasteiger partial charge in [0.1, 0.15) is 12.3 Å². The molecule has 0 amide bonds. The van der Waals surface area contributed by atoms with E-state index in [1.54, 1.807) is 17.6 Å². The molecule has 5 nitrogen and oxygen atoms in total. The first-order chi connectivity index (χ1) is 11.8. The van der Waals surface area contributed by atoms with E-state index in [4.69, 9.17) is 9.15 Å². The summed E-state index contributed by atoms with van der Waals surface area (Å²) in [5.41, 5.74) is 0.888. The molecule has 1 saturated heterocycles. The molecule has 2 aromatic heterocycles. The molecule has 3 heterocycles.